The predicted octanol–water partition coefficient (Wildman–Crippen LogP) is 2.23. The van der Waals surface area contributed by atoms with Crippen molar-refractivity contribution in [3.05, 3.63) is 12.2 Å². The SMILES string of the molecule is C=C(C)C(=O)NC(CCC)S(=O)(=O)O.CNC1CCCCC1. The first-order valence-corrected chi connectivity index (χ1v) is 9.32. The number of nitrogens with one attached hydrogen (secondary N) is 2. The van der Waals surface area contributed by atoms with E-state index in [4.69, 9.17) is 4.55 Å². The van der Waals surface area contributed by atoms with Crippen LogP contribution in [-0.4, -0.2) is 37.3 Å². The molecule has 1 saturated carbocycles. The molecule has 0 spiro atoms. The van der Waals surface area contributed by atoms with E-state index < -0.39 is 21.4 Å². The van der Waals surface area contributed by atoms with Crippen LogP contribution in [-0.2, 0) is 14.9 Å². The van der Waals surface area contributed by atoms with Gasteiger partial charge >= 0.3 is 0 Å². The molecule has 0 saturated heterocycles. The summed E-state index contributed by atoms with van der Waals surface area (Å²) in [5.74, 6) is -0.568. The van der Waals surface area contributed by atoms with Gasteiger partial charge in [0.1, 0.15) is 0 Å². The number of carbonyl (C=O) groups is 1. The Morgan fingerprint density at radius 3 is 2.18 bits per heavy atom. The van der Waals surface area contributed by atoms with E-state index in [9.17, 15) is 13.2 Å². The van der Waals surface area contributed by atoms with Gasteiger partial charge in [0, 0.05) is 11.6 Å². The van der Waals surface area contributed by atoms with Gasteiger partial charge in [-0.25, -0.2) is 0 Å². The third-order valence-electron chi connectivity index (χ3n) is 3.60. The predicted molar refractivity (Wildman–Crippen MR) is 89.1 cm³/mol. The molecule has 0 heterocycles. The van der Waals surface area contributed by atoms with Crippen molar-refractivity contribution in [2.24, 2.45) is 0 Å². The van der Waals surface area contributed by atoms with E-state index >= 15 is 0 Å². The summed E-state index contributed by atoms with van der Waals surface area (Å²) in [5.41, 5.74) is 0.203. The van der Waals surface area contributed by atoms with Crippen LogP contribution in [0.1, 0.15) is 58.8 Å². The molecule has 3 N–H and O–H groups in total. The van der Waals surface area contributed by atoms with Crippen LogP contribution in [0, 0.1) is 0 Å². The van der Waals surface area contributed by atoms with Crippen LogP contribution in [0.15, 0.2) is 12.2 Å². The average Bonchev–Trinajstić information content (AvgIpc) is 2.47. The number of hydrogen-bond donors (Lipinski definition) is 3. The summed E-state index contributed by atoms with van der Waals surface area (Å²) < 4.78 is 30.3. The van der Waals surface area contributed by atoms with Crippen LogP contribution in [0.3, 0.4) is 0 Å². The quantitative estimate of drug-likeness (QED) is 0.511. The highest BCUT2D eigenvalue weighted by molar-refractivity contribution is 7.86. The minimum absolute atomic E-state index is 0.178. The lowest BCUT2D eigenvalue weighted by molar-refractivity contribution is -0.117. The Morgan fingerprint density at radius 1 is 1.32 bits per heavy atom. The van der Waals surface area contributed by atoms with Crippen LogP contribution >= 0.6 is 0 Å². The number of hydrogen-bond acceptors (Lipinski definition) is 4. The van der Waals surface area contributed by atoms with Gasteiger partial charge in [0.2, 0.25) is 5.91 Å². The maximum absolute atomic E-state index is 11.1. The largest absolute Gasteiger partial charge is 0.334 e. The van der Waals surface area contributed by atoms with Crippen molar-refractivity contribution in [1.82, 2.24) is 10.6 Å². The highest BCUT2D eigenvalue weighted by Gasteiger charge is 2.23. The van der Waals surface area contributed by atoms with Crippen molar-refractivity contribution in [3.8, 4) is 0 Å². The van der Waals surface area contributed by atoms with Gasteiger partial charge in [0.15, 0.2) is 5.37 Å². The molecule has 1 unspecified atom stereocenters. The molecule has 1 rings (SSSR count). The second-order valence-corrected chi connectivity index (χ2v) is 7.27. The van der Waals surface area contributed by atoms with Crippen LogP contribution in [0.5, 0.6) is 0 Å². The normalized spacial score (nSPS) is 17.1. The number of carbonyl (C=O) groups excluding carboxylic acids is 1. The van der Waals surface area contributed by atoms with Crippen LogP contribution in [0.25, 0.3) is 0 Å². The third-order valence-corrected chi connectivity index (χ3v) is 4.68. The molecule has 1 fully saturated rings. The van der Waals surface area contributed by atoms with E-state index in [0.717, 1.165) is 6.04 Å². The number of rotatable bonds is 6. The fourth-order valence-electron chi connectivity index (χ4n) is 2.22. The maximum atomic E-state index is 11.1. The summed E-state index contributed by atoms with van der Waals surface area (Å²) in [5, 5.41) is 4.25. The summed E-state index contributed by atoms with van der Waals surface area (Å²) in [6.45, 7) is 6.58. The van der Waals surface area contributed by atoms with Crippen LogP contribution in [0.4, 0.5) is 0 Å². The van der Waals surface area contributed by atoms with Gasteiger partial charge in [0.25, 0.3) is 10.1 Å². The molecule has 0 aromatic heterocycles. The third kappa shape index (κ3) is 9.17. The van der Waals surface area contributed by atoms with Gasteiger partial charge in [0.05, 0.1) is 0 Å². The fourth-order valence-corrected chi connectivity index (χ4v) is 3.01. The second kappa shape index (κ2) is 10.7. The lowest BCUT2D eigenvalue weighted by atomic mass is 9.96. The summed E-state index contributed by atoms with van der Waals surface area (Å²) >= 11 is 0. The monoisotopic (exact) mass is 334 g/mol. The first kappa shape index (κ1) is 21.1. The van der Waals surface area contributed by atoms with Crippen molar-refractivity contribution in [2.75, 3.05) is 7.05 Å². The zero-order valence-corrected chi connectivity index (χ0v) is 14.7. The fraction of sp³-hybridized carbons (Fsp3) is 0.800. The maximum Gasteiger partial charge on any atom is 0.286 e. The van der Waals surface area contributed by atoms with Crippen molar-refractivity contribution >= 4 is 16.0 Å². The lowest BCUT2D eigenvalue weighted by Gasteiger charge is -2.20. The average molecular weight is 334 g/mol. The molecule has 1 aliphatic rings. The van der Waals surface area contributed by atoms with Crippen molar-refractivity contribution in [3.63, 3.8) is 0 Å². The Labute approximate surface area is 134 Å². The first-order chi connectivity index (χ1) is 10.2. The smallest absolute Gasteiger partial charge is 0.286 e. The Morgan fingerprint density at radius 2 is 1.86 bits per heavy atom. The summed E-state index contributed by atoms with van der Waals surface area (Å²) in [4.78, 5) is 11.1. The van der Waals surface area contributed by atoms with Crippen LogP contribution in [0.2, 0.25) is 0 Å². The van der Waals surface area contributed by atoms with E-state index in [0.29, 0.717) is 6.42 Å². The highest BCUT2D eigenvalue weighted by Crippen LogP contribution is 2.16. The highest BCUT2D eigenvalue weighted by atomic mass is 32.2. The molecular formula is C15H30N2O4S. The van der Waals surface area contributed by atoms with E-state index in [2.05, 4.69) is 24.3 Å². The van der Waals surface area contributed by atoms with E-state index in [1.807, 2.05) is 0 Å². The van der Waals surface area contributed by atoms with E-state index in [1.165, 1.54) is 39.0 Å². The summed E-state index contributed by atoms with van der Waals surface area (Å²) in [7, 11) is -2.16. The number of amides is 1. The van der Waals surface area contributed by atoms with Crippen LogP contribution < -0.4 is 10.6 Å². The molecule has 1 aliphatic carbocycles. The van der Waals surface area contributed by atoms with Gasteiger partial charge in [-0.3, -0.25) is 9.35 Å². The molecule has 0 aromatic carbocycles. The van der Waals surface area contributed by atoms with E-state index in [-0.39, 0.29) is 12.0 Å². The molecule has 1 amide bonds. The molecular weight excluding hydrogens is 304 g/mol. The second-order valence-electron chi connectivity index (χ2n) is 5.67. The Kier molecular flexibility index (Phi) is 10.3. The summed E-state index contributed by atoms with van der Waals surface area (Å²) in [6, 6.07) is 0.837. The Hall–Kier alpha value is -0.920. The molecule has 7 heteroatoms. The molecule has 6 nitrogen and oxygen atoms in total. The Balaban J connectivity index is 0.000000461. The van der Waals surface area contributed by atoms with Crippen molar-refractivity contribution < 1.29 is 17.8 Å². The van der Waals surface area contributed by atoms with Crippen molar-refractivity contribution in [1.29, 1.82) is 0 Å². The molecule has 22 heavy (non-hydrogen) atoms. The zero-order valence-electron chi connectivity index (χ0n) is 13.9. The molecule has 0 bridgehead atoms. The molecule has 0 aromatic rings. The molecule has 0 aliphatic heterocycles. The standard InChI is InChI=1S/C8H15NO4S.C7H15N/c1-4-5-7(14(11,12)13)9-8(10)6(2)3;1-8-7-5-3-2-4-6-7/h7H,2,4-5H2,1,3H3,(H,9,10)(H,11,12,13);7-8H,2-6H2,1H3. The Bertz CT molecular complexity index is 442. The van der Waals surface area contributed by atoms with Gasteiger partial charge in [-0.2, -0.15) is 8.42 Å². The molecule has 0 radical (unpaired) electrons. The van der Waals surface area contributed by atoms with Gasteiger partial charge < -0.3 is 10.6 Å². The minimum atomic E-state index is -4.23. The van der Waals surface area contributed by atoms with Crippen molar-refractivity contribution in [2.45, 2.75) is 70.2 Å². The first-order valence-electron chi connectivity index (χ1n) is 7.82. The lowest BCUT2D eigenvalue weighted by Crippen LogP contribution is -2.40. The topological polar surface area (TPSA) is 95.5 Å². The minimum Gasteiger partial charge on any atom is -0.334 e. The van der Waals surface area contributed by atoms with E-state index in [1.54, 1.807) is 6.92 Å². The molecule has 1 atom stereocenters. The van der Waals surface area contributed by atoms with Gasteiger partial charge in [-0.15, -0.1) is 0 Å². The summed E-state index contributed by atoms with van der Waals surface area (Å²) in [6.07, 6.45) is 7.85. The van der Waals surface area contributed by atoms with Gasteiger partial charge in [-0.05, 0) is 33.2 Å². The van der Waals surface area contributed by atoms with Gasteiger partial charge in [-0.1, -0.05) is 39.2 Å². The molecule has 130 valence electrons. The zero-order chi connectivity index (χ0) is 17.2.